The predicted octanol–water partition coefficient (Wildman–Crippen LogP) is 1.07. The van der Waals surface area contributed by atoms with Crippen molar-refractivity contribution in [1.29, 1.82) is 0 Å². The number of carbonyl (C=O) groups is 2. The molecule has 1 atom stereocenters. The Morgan fingerprint density at radius 1 is 0.962 bits per heavy atom. The molecule has 0 N–H and O–H groups in total. The number of nitrogens with zero attached hydrogens (tertiary/aromatic N) is 5. The maximum absolute atomic E-state index is 14.0. The summed E-state index contributed by atoms with van der Waals surface area (Å²) in [6.07, 6.45) is 3.47. The highest BCUT2D eigenvalue weighted by atomic mass is 19.1. The molecule has 2 aliphatic heterocycles. The van der Waals surface area contributed by atoms with Gasteiger partial charge in [0.15, 0.2) is 0 Å². The Morgan fingerprint density at radius 3 is 2.35 bits per heavy atom. The van der Waals surface area contributed by atoms with E-state index in [0.717, 1.165) is 4.90 Å². The fourth-order valence-corrected chi connectivity index (χ4v) is 3.48. The molecule has 2 fully saturated rings. The van der Waals surface area contributed by atoms with Crippen LogP contribution in [0.2, 0.25) is 0 Å². The molecule has 8 heteroatoms. The lowest BCUT2D eigenvalue weighted by atomic mass is 10.2. The molecule has 0 aliphatic carbocycles. The Morgan fingerprint density at radius 2 is 1.65 bits per heavy atom. The lowest BCUT2D eigenvalue weighted by molar-refractivity contribution is -0.123. The largest absolute Gasteiger partial charge is 0.338 e. The first kappa shape index (κ1) is 16.6. The Bertz CT molecular complexity index is 823. The molecule has 134 valence electrons. The number of rotatable bonds is 3. The molecule has 2 amide bonds. The van der Waals surface area contributed by atoms with Gasteiger partial charge in [-0.2, -0.15) is 0 Å². The van der Waals surface area contributed by atoms with E-state index in [1.54, 1.807) is 24.5 Å². The predicted molar refractivity (Wildman–Crippen MR) is 93.1 cm³/mol. The maximum Gasteiger partial charge on any atom is 0.251 e. The van der Waals surface area contributed by atoms with Gasteiger partial charge < -0.3 is 4.90 Å². The summed E-state index contributed by atoms with van der Waals surface area (Å²) in [5.41, 5.74) is 0.0290. The number of benzene rings is 1. The van der Waals surface area contributed by atoms with Crippen molar-refractivity contribution < 1.29 is 14.0 Å². The summed E-state index contributed by atoms with van der Waals surface area (Å²) in [5, 5.41) is 0. The standard InChI is InChI=1S/C18H18FN5O2/c19-13-4-1-2-5-14(13)24-16(25)12-15(17(24)26)22-8-10-23(11-9-22)18-20-6-3-7-21-18/h1-7,15H,8-12H2. The minimum Gasteiger partial charge on any atom is -0.338 e. The summed E-state index contributed by atoms with van der Waals surface area (Å²) < 4.78 is 14.0. The summed E-state index contributed by atoms with van der Waals surface area (Å²) >= 11 is 0. The van der Waals surface area contributed by atoms with E-state index in [9.17, 15) is 14.0 Å². The highest BCUT2D eigenvalue weighted by molar-refractivity contribution is 6.22. The number of amides is 2. The number of halogens is 1. The third-order valence-electron chi connectivity index (χ3n) is 4.81. The zero-order valence-electron chi connectivity index (χ0n) is 14.1. The zero-order valence-corrected chi connectivity index (χ0v) is 14.1. The Balaban J connectivity index is 1.46. The Labute approximate surface area is 150 Å². The molecule has 0 saturated carbocycles. The summed E-state index contributed by atoms with van der Waals surface area (Å²) in [7, 11) is 0. The number of imide groups is 1. The number of hydrogen-bond acceptors (Lipinski definition) is 6. The van der Waals surface area contributed by atoms with E-state index in [1.165, 1.54) is 18.2 Å². The molecular weight excluding hydrogens is 337 g/mol. The van der Waals surface area contributed by atoms with Gasteiger partial charge in [0, 0.05) is 38.6 Å². The number of anilines is 2. The lowest BCUT2D eigenvalue weighted by Gasteiger charge is -2.36. The van der Waals surface area contributed by atoms with Gasteiger partial charge >= 0.3 is 0 Å². The SMILES string of the molecule is O=C1CC(N2CCN(c3ncccn3)CC2)C(=O)N1c1ccccc1F. The second-order valence-corrected chi connectivity index (χ2v) is 6.31. The Kier molecular flexibility index (Phi) is 4.34. The normalized spacial score (nSPS) is 21.5. The summed E-state index contributed by atoms with van der Waals surface area (Å²) in [4.78, 5) is 38.6. The molecule has 4 rings (SSSR count). The minimum atomic E-state index is -0.569. The Hall–Kier alpha value is -2.87. The molecule has 0 radical (unpaired) electrons. The van der Waals surface area contributed by atoms with Crippen LogP contribution in [-0.2, 0) is 9.59 Å². The van der Waals surface area contributed by atoms with Crippen LogP contribution in [0.5, 0.6) is 0 Å². The van der Waals surface area contributed by atoms with Gasteiger partial charge in [-0.1, -0.05) is 12.1 Å². The van der Waals surface area contributed by atoms with Crippen molar-refractivity contribution in [1.82, 2.24) is 14.9 Å². The van der Waals surface area contributed by atoms with E-state index in [0.29, 0.717) is 32.1 Å². The molecule has 26 heavy (non-hydrogen) atoms. The topological polar surface area (TPSA) is 69.6 Å². The summed E-state index contributed by atoms with van der Waals surface area (Å²) in [5.74, 6) is -0.627. The quantitative estimate of drug-likeness (QED) is 0.767. The van der Waals surface area contributed by atoms with Crippen molar-refractivity contribution in [2.45, 2.75) is 12.5 Å². The minimum absolute atomic E-state index is 0.0290. The molecular formula is C18H18FN5O2. The summed E-state index contributed by atoms with van der Waals surface area (Å²) in [6, 6.07) is 7.08. The van der Waals surface area contributed by atoms with Crippen molar-refractivity contribution in [2.24, 2.45) is 0 Å². The third-order valence-corrected chi connectivity index (χ3v) is 4.81. The van der Waals surface area contributed by atoms with Crippen molar-refractivity contribution in [3.63, 3.8) is 0 Å². The van der Waals surface area contributed by atoms with Gasteiger partial charge in [0.2, 0.25) is 11.9 Å². The molecule has 3 heterocycles. The van der Waals surface area contributed by atoms with Crippen LogP contribution in [0.3, 0.4) is 0 Å². The number of aromatic nitrogens is 2. The average molecular weight is 355 g/mol. The fraction of sp³-hybridized carbons (Fsp3) is 0.333. The second-order valence-electron chi connectivity index (χ2n) is 6.31. The van der Waals surface area contributed by atoms with Crippen LogP contribution in [0.1, 0.15) is 6.42 Å². The van der Waals surface area contributed by atoms with Crippen LogP contribution in [0.25, 0.3) is 0 Å². The first-order chi connectivity index (χ1) is 12.6. The van der Waals surface area contributed by atoms with Crippen molar-refractivity contribution in [2.75, 3.05) is 36.0 Å². The molecule has 1 unspecified atom stereocenters. The van der Waals surface area contributed by atoms with Gasteiger partial charge in [-0.05, 0) is 18.2 Å². The van der Waals surface area contributed by atoms with E-state index >= 15 is 0 Å². The van der Waals surface area contributed by atoms with Crippen LogP contribution in [0.15, 0.2) is 42.7 Å². The van der Waals surface area contributed by atoms with Gasteiger partial charge in [-0.15, -0.1) is 0 Å². The third kappa shape index (κ3) is 2.92. The highest BCUT2D eigenvalue weighted by Gasteiger charge is 2.44. The molecule has 0 spiro atoms. The van der Waals surface area contributed by atoms with Gasteiger partial charge in [-0.3, -0.25) is 14.5 Å². The number of hydrogen-bond donors (Lipinski definition) is 0. The molecule has 2 aromatic rings. The molecule has 1 aromatic heterocycles. The monoisotopic (exact) mass is 355 g/mol. The number of para-hydroxylation sites is 1. The van der Waals surface area contributed by atoms with Crippen LogP contribution in [-0.4, -0.2) is 58.9 Å². The number of piperazine rings is 1. The van der Waals surface area contributed by atoms with E-state index in [4.69, 9.17) is 0 Å². The van der Waals surface area contributed by atoms with E-state index < -0.39 is 11.9 Å². The van der Waals surface area contributed by atoms with E-state index in [-0.39, 0.29) is 23.9 Å². The smallest absolute Gasteiger partial charge is 0.251 e. The van der Waals surface area contributed by atoms with Gasteiger partial charge in [-0.25, -0.2) is 19.3 Å². The highest BCUT2D eigenvalue weighted by Crippen LogP contribution is 2.28. The first-order valence-corrected chi connectivity index (χ1v) is 8.52. The van der Waals surface area contributed by atoms with Crippen LogP contribution in [0, 0.1) is 5.82 Å². The van der Waals surface area contributed by atoms with E-state index in [2.05, 4.69) is 9.97 Å². The summed E-state index contributed by atoms with van der Waals surface area (Å²) in [6.45, 7) is 2.57. The molecule has 2 aliphatic rings. The van der Waals surface area contributed by atoms with Gasteiger partial charge in [0.1, 0.15) is 5.82 Å². The second kappa shape index (κ2) is 6.80. The van der Waals surface area contributed by atoms with Crippen molar-refractivity contribution in [3.8, 4) is 0 Å². The van der Waals surface area contributed by atoms with Crippen molar-refractivity contribution in [3.05, 3.63) is 48.5 Å². The first-order valence-electron chi connectivity index (χ1n) is 8.52. The van der Waals surface area contributed by atoms with Crippen LogP contribution in [0.4, 0.5) is 16.0 Å². The van der Waals surface area contributed by atoms with E-state index in [1.807, 2.05) is 9.80 Å². The molecule has 0 bridgehead atoms. The van der Waals surface area contributed by atoms with Gasteiger partial charge in [0.25, 0.3) is 5.91 Å². The zero-order chi connectivity index (χ0) is 18.1. The molecule has 7 nitrogen and oxygen atoms in total. The lowest BCUT2D eigenvalue weighted by Crippen LogP contribution is -2.53. The molecule has 2 saturated heterocycles. The fourth-order valence-electron chi connectivity index (χ4n) is 3.48. The average Bonchev–Trinajstić information content (AvgIpc) is 2.97. The maximum atomic E-state index is 14.0. The van der Waals surface area contributed by atoms with Crippen LogP contribution < -0.4 is 9.80 Å². The number of carbonyl (C=O) groups excluding carboxylic acids is 2. The molecule has 1 aromatic carbocycles. The van der Waals surface area contributed by atoms with Crippen LogP contribution >= 0.6 is 0 Å². The van der Waals surface area contributed by atoms with Crippen molar-refractivity contribution >= 4 is 23.5 Å². The van der Waals surface area contributed by atoms with Gasteiger partial charge in [0.05, 0.1) is 18.2 Å².